The second-order valence-electron chi connectivity index (χ2n) is 7.11. The van der Waals surface area contributed by atoms with Crippen molar-refractivity contribution in [2.75, 3.05) is 18.0 Å². The second-order valence-corrected chi connectivity index (χ2v) is 8.97. The lowest BCUT2D eigenvalue weighted by atomic mass is 10.2. The van der Waals surface area contributed by atoms with Gasteiger partial charge in [0.15, 0.2) is 0 Å². The van der Waals surface area contributed by atoms with E-state index in [0.29, 0.717) is 0 Å². The van der Waals surface area contributed by atoms with Gasteiger partial charge in [0, 0.05) is 6.07 Å². The highest BCUT2D eigenvalue weighted by molar-refractivity contribution is 7.92. The van der Waals surface area contributed by atoms with Crippen LogP contribution in [0.25, 0.3) is 0 Å². The molecule has 3 aromatic carbocycles. The third-order valence-electron chi connectivity index (χ3n) is 4.78. The van der Waals surface area contributed by atoms with E-state index < -0.39 is 27.4 Å². The van der Waals surface area contributed by atoms with Gasteiger partial charge in [-0.1, -0.05) is 42.0 Å². The first-order valence-electron chi connectivity index (χ1n) is 10.0. The van der Waals surface area contributed by atoms with Gasteiger partial charge in [0.1, 0.15) is 12.3 Å². The van der Waals surface area contributed by atoms with Gasteiger partial charge in [0.2, 0.25) is 0 Å². The van der Waals surface area contributed by atoms with Crippen LogP contribution in [0.5, 0.6) is 5.75 Å². The summed E-state index contributed by atoms with van der Waals surface area (Å²) in [6.07, 6.45) is 1.12. The number of amides is 1. The van der Waals surface area contributed by atoms with E-state index in [0.717, 1.165) is 16.1 Å². The van der Waals surface area contributed by atoms with Crippen LogP contribution in [0.1, 0.15) is 11.1 Å². The molecule has 0 bridgehead atoms. The number of benzene rings is 3. The van der Waals surface area contributed by atoms with Gasteiger partial charge in [-0.15, -0.1) is 0 Å². The van der Waals surface area contributed by atoms with E-state index in [1.54, 1.807) is 36.4 Å². The van der Waals surface area contributed by atoms with Crippen molar-refractivity contribution >= 4 is 33.5 Å². The Kier molecular flexibility index (Phi) is 7.59. The molecular formula is C23H22N4O6S. The molecule has 0 aliphatic carbocycles. The average Bonchev–Trinajstić information content (AvgIpc) is 2.83. The normalized spacial score (nSPS) is 11.2. The minimum Gasteiger partial charge on any atom is -0.495 e. The van der Waals surface area contributed by atoms with Crippen LogP contribution in [0.4, 0.5) is 11.4 Å². The van der Waals surface area contributed by atoms with Crippen LogP contribution in [-0.2, 0) is 14.8 Å². The van der Waals surface area contributed by atoms with Gasteiger partial charge in [0.05, 0.1) is 34.4 Å². The number of rotatable bonds is 9. The summed E-state index contributed by atoms with van der Waals surface area (Å²) in [6.45, 7) is 1.22. The van der Waals surface area contributed by atoms with Gasteiger partial charge >= 0.3 is 0 Å². The van der Waals surface area contributed by atoms with Crippen LogP contribution >= 0.6 is 0 Å². The predicted molar refractivity (Wildman–Crippen MR) is 128 cm³/mol. The van der Waals surface area contributed by atoms with Crippen LogP contribution < -0.4 is 14.5 Å². The van der Waals surface area contributed by atoms with Gasteiger partial charge in [-0.25, -0.2) is 13.8 Å². The van der Waals surface area contributed by atoms with Gasteiger partial charge in [-0.2, -0.15) is 5.10 Å². The maximum atomic E-state index is 13.4. The van der Waals surface area contributed by atoms with E-state index in [1.165, 1.54) is 43.5 Å². The Morgan fingerprint density at radius 3 is 2.41 bits per heavy atom. The van der Waals surface area contributed by atoms with Gasteiger partial charge in [0.25, 0.3) is 21.6 Å². The lowest BCUT2D eigenvalue weighted by Crippen LogP contribution is -2.39. The molecule has 0 fully saturated rings. The SMILES string of the molecule is COc1ccccc1N(CC(=O)N/N=C\c1ccccc1[N+](=O)[O-])S(=O)(=O)c1ccc(C)cc1. The van der Waals surface area contributed by atoms with E-state index in [9.17, 15) is 23.3 Å². The monoisotopic (exact) mass is 482 g/mol. The van der Waals surface area contributed by atoms with E-state index in [1.807, 2.05) is 6.92 Å². The Hall–Kier alpha value is -4.25. The number of carbonyl (C=O) groups is 1. The summed E-state index contributed by atoms with van der Waals surface area (Å²) in [6, 6.07) is 18.5. The lowest BCUT2D eigenvalue weighted by Gasteiger charge is -2.25. The Labute approximate surface area is 196 Å². The van der Waals surface area contributed by atoms with Crippen molar-refractivity contribution in [1.29, 1.82) is 0 Å². The van der Waals surface area contributed by atoms with Crippen LogP contribution in [0.3, 0.4) is 0 Å². The molecule has 0 aliphatic heterocycles. The van der Waals surface area contributed by atoms with Crippen molar-refractivity contribution in [2.45, 2.75) is 11.8 Å². The molecule has 0 unspecified atom stereocenters. The molecule has 10 nitrogen and oxygen atoms in total. The number of nitro groups is 1. The molecule has 0 heterocycles. The molecule has 3 aromatic rings. The molecule has 1 N–H and O–H groups in total. The molecule has 0 aliphatic rings. The summed E-state index contributed by atoms with van der Waals surface area (Å²) in [4.78, 5) is 23.2. The van der Waals surface area contributed by atoms with Crippen LogP contribution in [0, 0.1) is 17.0 Å². The molecule has 11 heteroatoms. The fraction of sp³-hybridized carbons (Fsp3) is 0.130. The van der Waals surface area contributed by atoms with Gasteiger partial charge in [-0.05, 0) is 37.3 Å². The highest BCUT2D eigenvalue weighted by Gasteiger charge is 2.29. The van der Waals surface area contributed by atoms with Crippen LogP contribution in [0.15, 0.2) is 82.8 Å². The number of nitro benzene ring substituents is 1. The second kappa shape index (κ2) is 10.6. The van der Waals surface area contributed by atoms with Crippen molar-refractivity contribution in [3.05, 3.63) is 94.0 Å². The molecule has 0 aromatic heterocycles. The Balaban J connectivity index is 1.90. The van der Waals surface area contributed by atoms with Crippen molar-refractivity contribution in [3.63, 3.8) is 0 Å². The molecular weight excluding hydrogens is 460 g/mol. The molecule has 0 saturated carbocycles. The number of sulfonamides is 1. The number of para-hydroxylation sites is 3. The minimum atomic E-state index is -4.14. The standard InChI is InChI=1S/C23H22N4O6S/c1-17-11-13-19(14-12-17)34(31,32)26(21-9-5-6-10-22(21)33-2)16-23(28)25-24-15-18-7-3-4-8-20(18)27(29)30/h3-15H,16H2,1-2H3,(H,25,28)/b24-15-. The third-order valence-corrected chi connectivity index (χ3v) is 6.55. The molecule has 0 radical (unpaired) electrons. The summed E-state index contributed by atoms with van der Waals surface area (Å²) < 4.78 is 33.1. The lowest BCUT2D eigenvalue weighted by molar-refractivity contribution is -0.385. The van der Waals surface area contributed by atoms with E-state index in [4.69, 9.17) is 4.74 Å². The highest BCUT2D eigenvalue weighted by Crippen LogP contribution is 2.32. The first kappa shape index (κ1) is 24.4. The summed E-state index contributed by atoms with van der Waals surface area (Å²) >= 11 is 0. The highest BCUT2D eigenvalue weighted by atomic mass is 32.2. The molecule has 34 heavy (non-hydrogen) atoms. The maximum Gasteiger partial charge on any atom is 0.278 e. The first-order chi connectivity index (χ1) is 16.2. The van der Waals surface area contributed by atoms with Crippen LogP contribution in [-0.4, -0.2) is 39.1 Å². The average molecular weight is 483 g/mol. The molecule has 3 rings (SSSR count). The van der Waals surface area contributed by atoms with E-state index in [-0.39, 0.29) is 27.6 Å². The number of aryl methyl sites for hydroxylation is 1. The van der Waals surface area contributed by atoms with E-state index >= 15 is 0 Å². The zero-order chi connectivity index (χ0) is 24.7. The fourth-order valence-electron chi connectivity index (χ4n) is 3.08. The number of ether oxygens (including phenoxy) is 1. The topological polar surface area (TPSA) is 131 Å². The van der Waals surface area contributed by atoms with Crippen molar-refractivity contribution in [2.24, 2.45) is 5.10 Å². The first-order valence-corrected chi connectivity index (χ1v) is 11.5. The summed E-state index contributed by atoms with van der Waals surface area (Å²) in [5.41, 5.74) is 3.28. The maximum absolute atomic E-state index is 13.4. The van der Waals surface area contributed by atoms with Crippen LogP contribution in [0.2, 0.25) is 0 Å². The summed E-state index contributed by atoms with van der Waals surface area (Å²) in [5, 5.41) is 14.9. The van der Waals surface area contributed by atoms with Crippen molar-refractivity contribution < 1.29 is 22.9 Å². The Bertz CT molecular complexity index is 1320. The Morgan fingerprint density at radius 1 is 1.09 bits per heavy atom. The smallest absolute Gasteiger partial charge is 0.278 e. The summed E-state index contributed by atoms with van der Waals surface area (Å²) in [7, 11) is -2.75. The van der Waals surface area contributed by atoms with Crippen molar-refractivity contribution in [1.82, 2.24) is 5.43 Å². The quantitative estimate of drug-likeness (QED) is 0.283. The fourth-order valence-corrected chi connectivity index (χ4v) is 4.51. The van der Waals surface area contributed by atoms with Gasteiger partial charge < -0.3 is 4.74 Å². The molecule has 1 amide bonds. The zero-order valence-electron chi connectivity index (χ0n) is 18.4. The number of nitrogens with one attached hydrogen (secondary N) is 1. The number of methoxy groups -OCH3 is 1. The van der Waals surface area contributed by atoms with Gasteiger partial charge in [-0.3, -0.25) is 19.2 Å². The zero-order valence-corrected chi connectivity index (χ0v) is 19.2. The summed E-state index contributed by atoms with van der Waals surface area (Å²) in [5.74, 6) is -0.495. The molecule has 0 spiro atoms. The minimum absolute atomic E-state index is 0.000202. The Morgan fingerprint density at radius 2 is 1.74 bits per heavy atom. The van der Waals surface area contributed by atoms with Crippen molar-refractivity contribution in [3.8, 4) is 5.75 Å². The number of hydrogen-bond acceptors (Lipinski definition) is 7. The molecule has 176 valence electrons. The van der Waals surface area contributed by atoms with E-state index in [2.05, 4.69) is 10.5 Å². The number of anilines is 1. The number of hydrogen-bond donors (Lipinski definition) is 1. The predicted octanol–water partition coefficient (Wildman–Crippen LogP) is 3.26. The largest absolute Gasteiger partial charge is 0.495 e. The molecule has 0 saturated heterocycles. The number of carbonyl (C=O) groups excluding carboxylic acids is 1. The number of hydrazone groups is 1. The third kappa shape index (κ3) is 5.56. The molecule has 0 atom stereocenters. The number of nitrogens with zero attached hydrogens (tertiary/aromatic N) is 3.